The van der Waals surface area contributed by atoms with E-state index in [1.165, 1.54) is 0 Å². The summed E-state index contributed by atoms with van der Waals surface area (Å²) in [7, 11) is 1.93. The molecule has 10 nitrogen and oxygen atoms in total. The van der Waals surface area contributed by atoms with Gasteiger partial charge < -0.3 is 18.6 Å². The first kappa shape index (κ1) is 24.0. The van der Waals surface area contributed by atoms with Gasteiger partial charge in [0.25, 0.3) is 11.8 Å². The van der Waals surface area contributed by atoms with Gasteiger partial charge >= 0.3 is 0 Å². The molecular weight excluding hydrogens is 559 g/mol. The smallest absolute Gasteiger partial charge is 0.274 e. The van der Waals surface area contributed by atoms with E-state index in [1.54, 1.807) is 24.8 Å². The van der Waals surface area contributed by atoms with E-state index in [4.69, 9.17) is 9.05 Å². The zero-order chi connectivity index (χ0) is 24.5. The lowest BCUT2D eigenvalue weighted by Gasteiger charge is -1.94. The van der Waals surface area contributed by atoms with Crippen molar-refractivity contribution >= 4 is 22.6 Å². The van der Waals surface area contributed by atoms with Crippen LogP contribution in [0, 0.1) is 0 Å². The number of nitrogens with zero attached hydrogens (tertiary/aromatic N) is 7. The molecule has 0 aromatic carbocycles. The van der Waals surface area contributed by atoms with E-state index < -0.39 is 0 Å². The number of halogens is 1. The number of hydrogen-bond donors (Lipinski definition) is 1. The van der Waals surface area contributed by atoms with E-state index in [2.05, 4.69) is 57.8 Å². The Balaban J connectivity index is 0.000000155. The van der Waals surface area contributed by atoms with Gasteiger partial charge in [0.15, 0.2) is 0 Å². The topological polar surface area (TPSA) is 124 Å². The van der Waals surface area contributed by atoms with Gasteiger partial charge in [-0.1, -0.05) is 32.9 Å². The van der Waals surface area contributed by atoms with Crippen LogP contribution < -0.4 is 0 Å². The van der Waals surface area contributed by atoms with Gasteiger partial charge in [-0.25, -0.2) is 0 Å². The summed E-state index contributed by atoms with van der Waals surface area (Å²) in [6.07, 6.45) is 10.6. The largest absolute Gasteiger partial charge is 0.357 e. The van der Waals surface area contributed by atoms with Crippen LogP contribution in [0.3, 0.4) is 0 Å². The molecule has 11 heteroatoms. The van der Waals surface area contributed by atoms with Crippen LogP contribution >= 0.6 is 22.6 Å². The van der Waals surface area contributed by atoms with Gasteiger partial charge in [-0.3, -0.25) is 9.97 Å². The maximum atomic E-state index is 5.23. The van der Waals surface area contributed by atoms with Crippen molar-refractivity contribution in [1.82, 2.24) is 39.8 Å². The molecule has 0 saturated heterocycles. The van der Waals surface area contributed by atoms with Gasteiger partial charge in [-0.15, -0.1) is 0 Å². The predicted molar refractivity (Wildman–Crippen MR) is 139 cm³/mol. The van der Waals surface area contributed by atoms with Crippen LogP contribution in [-0.4, -0.2) is 44.7 Å². The van der Waals surface area contributed by atoms with Crippen molar-refractivity contribution in [2.75, 3.05) is 4.93 Å². The number of pyridine rings is 2. The van der Waals surface area contributed by atoms with E-state index in [0.717, 1.165) is 22.5 Å². The summed E-state index contributed by atoms with van der Waals surface area (Å²) in [4.78, 5) is 21.6. The molecule has 6 heterocycles. The van der Waals surface area contributed by atoms with Crippen LogP contribution in [0.25, 0.3) is 45.9 Å². The summed E-state index contributed by atoms with van der Waals surface area (Å²) in [5, 5.41) is 7.84. The SMILES string of the molecule is CI.Cn1cccc1-c1nc(-c2cccnc2)no1.c1cncc(-c2noc(-c3ccc[nH]3)n2)c1. The van der Waals surface area contributed by atoms with Crippen molar-refractivity contribution in [2.45, 2.75) is 0 Å². The van der Waals surface area contributed by atoms with Crippen molar-refractivity contribution < 1.29 is 9.05 Å². The third kappa shape index (κ3) is 5.87. The highest BCUT2D eigenvalue weighted by atomic mass is 127. The predicted octanol–water partition coefficient (Wildman–Crippen LogP) is 5.32. The minimum absolute atomic E-state index is 0.476. The minimum atomic E-state index is 0.476. The zero-order valence-corrected chi connectivity index (χ0v) is 21.1. The van der Waals surface area contributed by atoms with Gasteiger partial charge in [-0.05, 0) is 53.5 Å². The Morgan fingerprint density at radius 3 is 1.91 bits per heavy atom. The van der Waals surface area contributed by atoms with Gasteiger partial charge in [-0.2, -0.15) is 9.97 Å². The van der Waals surface area contributed by atoms with E-state index in [9.17, 15) is 0 Å². The van der Waals surface area contributed by atoms with Gasteiger partial charge in [0.2, 0.25) is 11.6 Å². The lowest BCUT2D eigenvalue weighted by Crippen LogP contribution is -1.89. The fraction of sp³-hybridized carbons (Fsp3) is 0.0833. The molecule has 0 fully saturated rings. The van der Waals surface area contributed by atoms with Gasteiger partial charge in [0.05, 0.1) is 0 Å². The number of alkyl halides is 1. The Kier molecular flexibility index (Phi) is 8.12. The molecule has 0 radical (unpaired) electrons. The number of aromatic nitrogens is 8. The highest BCUT2D eigenvalue weighted by Gasteiger charge is 2.12. The first-order chi connectivity index (χ1) is 17.3. The Bertz CT molecular complexity index is 1430. The third-order valence-electron chi connectivity index (χ3n) is 4.68. The molecule has 0 aliphatic heterocycles. The normalized spacial score (nSPS) is 10.1. The van der Waals surface area contributed by atoms with Crippen molar-refractivity contribution in [1.29, 1.82) is 0 Å². The quantitative estimate of drug-likeness (QED) is 0.220. The molecule has 0 aliphatic rings. The molecule has 1 N–H and O–H groups in total. The molecule has 0 aliphatic carbocycles. The average Bonchev–Trinajstić information content (AvgIpc) is 3.74. The number of aromatic amines is 1. The highest BCUT2D eigenvalue weighted by molar-refractivity contribution is 14.1. The number of nitrogens with one attached hydrogen (secondary N) is 1. The average molecular weight is 580 g/mol. The maximum Gasteiger partial charge on any atom is 0.274 e. The Morgan fingerprint density at radius 1 is 0.771 bits per heavy atom. The van der Waals surface area contributed by atoms with E-state index in [1.807, 2.05) is 77.5 Å². The molecule has 176 valence electrons. The third-order valence-corrected chi connectivity index (χ3v) is 4.68. The van der Waals surface area contributed by atoms with Crippen molar-refractivity contribution in [3.63, 3.8) is 0 Å². The molecule has 0 bridgehead atoms. The monoisotopic (exact) mass is 580 g/mol. The fourth-order valence-electron chi connectivity index (χ4n) is 3.03. The van der Waals surface area contributed by atoms with E-state index in [0.29, 0.717) is 23.4 Å². The molecule has 0 amide bonds. The van der Waals surface area contributed by atoms with E-state index in [-0.39, 0.29) is 0 Å². The van der Waals surface area contributed by atoms with Crippen LogP contribution in [0.2, 0.25) is 0 Å². The molecule has 0 unspecified atom stereocenters. The second kappa shape index (κ2) is 11.8. The van der Waals surface area contributed by atoms with Crippen molar-refractivity contribution in [3.8, 4) is 45.9 Å². The first-order valence-corrected chi connectivity index (χ1v) is 12.5. The van der Waals surface area contributed by atoms with Crippen molar-refractivity contribution in [2.24, 2.45) is 7.05 Å². The lowest BCUT2D eigenvalue weighted by molar-refractivity contribution is 0.429. The second-order valence-corrected chi connectivity index (χ2v) is 6.92. The second-order valence-electron chi connectivity index (χ2n) is 6.92. The molecule has 0 spiro atoms. The van der Waals surface area contributed by atoms with Crippen LogP contribution in [0.5, 0.6) is 0 Å². The van der Waals surface area contributed by atoms with Crippen LogP contribution in [-0.2, 0) is 7.05 Å². The zero-order valence-electron chi connectivity index (χ0n) is 18.9. The highest BCUT2D eigenvalue weighted by Crippen LogP contribution is 2.21. The molecule has 6 aromatic rings. The molecule has 6 rings (SSSR count). The Hall–Kier alpha value is -4.13. The molecule has 0 atom stereocenters. The standard InChI is InChI=1S/C12H10N4O.C11H8N4O.CH3I/c1-16-7-3-5-10(16)12-14-11(15-17-12)9-4-2-6-13-8-9;1-3-8(7-12-5-1)10-14-11(16-15-10)9-4-2-6-13-9;1-2/h2-8H,1H3;1-7,13H;1H3. The van der Waals surface area contributed by atoms with Crippen LogP contribution in [0.15, 0.2) is 94.8 Å². The van der Waals surface area contributed by atoms with Gasteiger partial charge in [0.1, 0.15) is 11.4 Å². The van der Waals surface area contributed by atoms with Crippen LogP contribution in [0.4, 0.5) is 0 Å². The number of aryl methyl sites for hydroxylation is 1. The number of H-pyrrole nitrogens is 1. The summed E-state index contributed by atoms with van der Waals surface area (Å²) >= 11 is 2.15. The fourth-order valence-corrected chi connectivity index (χ4v) is 3.03. The lowest BCUT2D eigenvalue weighted by atomic mass is 10.3. The molecule has 35 heavy (non-hydrogen) atoms. The summed E-state index contributed by atoms with van der Waals surface area (Å²) in [6, 6.07) is 15.1. The summed E-state index contributed by atoms with van der Waals surface area (Å²) < 4.78 is 12.3. The molecule has 0 saturated carbocycles. The molecule has 6 aromatic heterocycles. The Morgan fingerprint density at radius 2 is 1.40 bits per heavy atom. The van der Waals surface area contributed by atoms with Gasteiger partial charge in [0, 0.05) is 55.4 Å². The summed E-state index contributed by atoms with van der Waals surface area (Å²) in [5.41, 5.74) is 3.39. The summed E-state index contributed by atoms with van der Waals surface area (Å²) in [6.45, 7) is 0. The van der Waals surface area contributed by atoms with Crippen molar-refractivity contribution in [3.05, 3.63) is 85.7 Å². The first-order valence-electron chi connectivity index (χ1n) is 10.4. The summed E-state index contributed by atoms with van der Waals surface area (Å²) in [5.74, 6) is 2.08. The Labute approximate surface area is 214 Å². The maximum absolute atomic E-state index is 5.23. The molecular formula is C24H21IN8O2. The number of rotatable bonds is 4. The number of hydrogen-bond acceptors (Lipinski definition) is 8. The van der Waals surface area contributed by atoms with E-state index >= 15 is 0 Å². The minimum Gasteiger partial charge on any atom is -0.357 e. The van der Waals surface area contributed by atoms with Crippen LogP contribution in [0.1, 0.15) is 0 Å².